The molecular weight excluding hydrogens is 158 g/mol. The average molecular weight is 183 g/mol. The third kappa shape index (κ3) is 5.84. The second-order valence-corrected chi connectivity index (χ2v) is 5.08. The van der Waals surface area contributed by atoms with Crippen molar-refractivity contribution in [1.29, 1.82) is 0 Å². The van der Waals surface area contributed by atoms with Crippen LogP contribution in [-0.4, -0.2) is 12.3 Å². The Kier molecular flexibility index (Phi) is 5.27. The van der Waals surface area contributed by atoms with Crippen molar-refractivity contribution in [2.24, 2.45) is 16.3 Å². The van der Waals surface area contributed by atoms with Gasteiger partial charge in [0.05, 0.1) is 0 Å². The van der Waals surface area contributed by atoms with Gasteiger partial charge in [-0.25, -0.2) is 0 Å². The SMILES string of the molecule is CC(C)=NCCCC(C)(C)C(C)C. The lowest BCUT2D eigenvalue weighted by Gasteiger charge is -2.28. The van der Waals surface area contributed by atoms with Crippen LogP contribution < -0.4 is 0 Å². The van der Waals surface area contributed by atoms with E-state index in [2.05, 4.69) is 46.5 Å². The molecule has 0 aliphatic heterocycles. The Morgan fingerprint density at radius 2 is 1.77 bits per heavy atom. The van der Waals surface area contributed by atoms with Crippen LogP contribution in [0.1, 0.15) is 54.4 Å². The second kappa shape index (κ2) is 5.41. The lowest BCUT2D eigenvalue weighted by molar-refractivity contribution is 0.225. The Morgan fingerprint density at radius 1 is 1.23 bits per heavy atom. The van der Waals surface area contributed by atoms with E-state index in [1.807, 2.05) is 0 Å². The summed E-state index contributed by atoms with van der Waals surface area (Å²) in [5.41, 5.74) is 1.67. The van der Waals surface area contributed by atoms with Crippen LogP contribution in [-0.2, 0) is 0 Å². The van der Waals surface area contributed by atoms with Gasteiger partial charge in [-0.1, -0.05) is 27.7 Å². The van der Waals surface area contributed by atoms with Crippen LogP contribution in [0.3, 0.4) is 0 Å². The summed E-state index contributed by atoms with van der Waals surface area (Å²) in [7, 11) is 0. The summed E-state index contributed by atoms with van der Waals surface area (Å²) < 4.78 is 0. The second-order valence-electron chi connectivity index (χ2n) is 5.08. The van der Waals surface area contributed by atoms with Crippen molar-refractivity contribution < 1.29 is 0 Å². The predicted molar refractivity (Wildman–Crippen MR) is 61.5 cm³/mol. The summed E-state index contributed by atoms with van der Waals surface area (Å²) in [5.74, 6) is 0.763. The number of nitrogens with zero attached hydrogens (tertiary/aromatic N) is 1. The highest BCUT2D eigenvalue weighted by Gasteiger charge is 2.20. The van der Waals surface area contributed by atoms with Crippen LogP contribution in [0.2, 0.25) is 0 Å². The molecule has 0 aromatic carbocycles. The lowest BCUT2D eigenvalue weighted by atomic mass is 9.77. The van der Waals surface area contributed by atoms with E-state index in [0.29, 0.717) is 5.41 Å². The summed E-state index contributed by atoms with van der Waals surface area (Å²) in [6.07, 6.45) is 2.50. The van der Waals surface area contributed by atoms with Crippen LogP contribution in [0.5, 0.6) is 0 Å². The molecule has 0 saturated carbocycles. The first-order chi connectivity index (χ1) is 5.86. The minimum absolute atomic E-state index is 0.469. The lowest BCUT2D eigenvalue weighted by Crippen LogP contribution is -2.19. The van der Waals surface area contributed by atoms with Crippen LogP contribution >= 0.6 is 0 Å². The molecule has 0 amide bonds. The number of hydrogen-bond donors (Lipinski definition) is 0. The zero-order valence-corrected chi connectivity index (χ0v) is 10.1. The Balaban J connectivity index is 3.70. The molecule has 0 atom stereocenters. The highest BCUT2D eigenvalue weighted by Crippen LogP contribution is 2.31. The minimum Gasteiger partial charge on any atom is -0.295 e. The van der Waals surface area contributed by atoms with E-state index in [1.54, 1.807) is 0 Å². The van der Waals surface area contributed by atoms with Crippen molar-refractivity contribution in [3.8, 4) is 0 Å². The van der Waals surface area contributed by atoms with Gasteiger partial charge in [0.1, 0.15) is 0 Å². The molecule has 0 fully saturated rings. The highest BCUT2D eigenvalue weighted by molar-refractivity contribution is 5.78. The molecule has 0 bridgehead atoms. The van der Waals surface area contributed by atoms with Crippen molar-refractivity contribution in [2.45, 2.75) is 54.4 Å². The zero-order valence-electron chi connectivity index (χ0n) is 10.1. The molecule has 1 heteroatoms. The first-order valence-electron chi connectivity index (χ1n) is 5.34. The van der Waals surface area contributed by atoms with Crippen molar-refractivity contribution in [2.75, 3.05) is 6.54 Å². The smallest absolute Gasteiger partial charge is 0.0388 e. The van der Waals surface area contributed by atoms with Crippen LogP contribution in [0.25, 0.3) is 0 Å². The van der Waals surface area contributed by atoms with E-state index in [-0.39, 0.29) is 0 Å². The number of hydrogen-bond acceptors (Lipinski definition) is 1. The summed E-state index contributed by atoms with van der Waals surface area (Å²) in [6.45, 7) is 14.4. The molecule has 0 radical (unpaired) electrons. The van der Waals surface area contributed by atoms with Gasteiger partial charge in [-0.3, -0.25) is 4.99 Å². The summed E-state index contributed by atoms with van der Waals surface area (Å²) in [6, 6.07) is 0. The quantitative estimate of drug-likeness (QED) is 0.452. The van der Waals surface area contributed by atoms with Crippen LogP contribution in [0, 0.1) is 11.3 Å². The highest BCUT2D eigenvalue weighted by atomic mass is 14.7. The fourth-order valence-corrected chi connectivity index (χ4v) is 1.13. The van der Waals surface area contributed by atoms with Crippen molar-refractivity contribution in [1.82, 2.24) is 0 Å². The van der Waals surface area contributed by atoms with E-state index in [4.69, 9.17) is 0 Å². The molecule has 0 aliphatic carbocycles. The van der Waals surface area contributed by atoms with Crippen molar-refractivity contribution in [3.05, 3.63) is 0 Å². The number of aliphatic imine (C=N–C) groups is 1. The van der Waals surface area contributed by atoms with Crippen molar-refractivity contribution in [3.63, 3.8) is 0 Å². The molecular formula is C12H25N. The maximum atomic E-state index is 4.40. The molecule has 13 heavy (non-hydrogen) atoms. The summed E-state index contributed by atoms with van der Waals surface area (Å²) in [5, 5.41) is 0. The van der Waals surface area contributed by atoms with E-state index in [0.717, 1.165) is 12.5 Å². The number of rotatable bonds is 5. The summed E-state index contributed by atoms with van der Waals surface area (Å²) >= 11 is 0. The van der Waals surface area contributed by atoms with Gasteiger partial charge in [-0.15, -0.1) is 0 Å². The van der Waals surface area contributed by atoms with E-state index < -0.39 is 0 Å². The standard InChI is InChI=1S/C12H25N/c1-10(2)12(5,6)8-7-9-13-11(3)4/h10H,7-9H2,1-6H3. The molecule has 0 heterocycles. The third-order valence-electron chi connectivity index (χ3n) is 2.97. The van der Waals surface area contributed by atoms with Crippen LogP contribution in [0.4, 0.5) is 0 Å². The Morgan fingerprint density at radius 3 is 2.15 bits per heavy atom. The molecule has 0 saturated heterocycles. The topological polar surface area (TPSA) is 12.4 Å². The van der Waals surface area contributed by atoms with E-state index in [9.17, 15) is 0 Å². The molecule has 0 aromatic heterocycles. The van der Waals surface area contributed by atoms with Crippen LogP contribution in [0.15, 0.2) is 4.99 Å². The monoisotopic (exact) mass is 183 g/mol. The molecule has 1 nitrogen and oxygen atoms in total. The van der Waals surface area contributed by atoms with Gasteiger partial charge in [0, 0.05) is 12.3 Å². The van der Waals surface area contributed by atoms with Crippen molar-refractivity contribution >= 4 is 5.71 Å². The zero-order chi connectivity index (χ0) is 10.5. The Bertz CT molecular complexity index is 162. The molecule has 78 valence electrons. The largest absolute Gasteiger partial charge is 0.295 e. The van der Waals surface area contributed by atoms with Gasteiger partial charge in [0.15, 0.2) is 0 Å². The van der Waals surface area contributed by atoms with Gasteiger partial charge < -0.3 is 0 Å². The average Bonchev–Trinajstić information content (AvgIpc) is 1.97. The molecule has 0 N–H and O–H groups in total. The minimum atomic E-state index is 0.469. The fraction of sp³-hybridized carbons (Fsp3) is 0.917. The molecule has 0 rings (SSSR count). The predicted octanol–water partition coefficient (Wildman–Crippen LogP) is 3.93. The van der Waals surface area contributed by atoms with Gasteiger partial charge in [-0.05, 0) is 38.0 Å². The maximum Gasteiger partial charge on any atom is 0.0388 e. The molecule has 0 spiro atoms. The van der Waals surface area contributed by atoms with Gasteiger partial charge >= 0.3 is 0 Å². The maximum absolute atomic E-state index is 4.40. The fourth-order valence-electron chi connectivity index (χ4n) is 1.13. The van der Waals surface area contributed by atoms with Gasteiger partial charge in [0.25, 0.3) is 0 Å². The molecule has 0 aromatic rings. The van der Waals surface area contributed by atoms with E-state index >= 15 is 0 Å². The first-order valence-corrected chi connectivity index (χ1v) is 5.34. The van der Waals surface area contributed by atoms with Gasteiger partial charge in [0.2, 0.25) is 0 Å². The molecule has 0 aliphatic rings. The normalized spacial score (nSPS) is 11.9. The van der Waals surface area contributed by atoms with E-state index in [1.165, 1.54) is 18.6 Å². The van der Waals surface area contributed by atoms with Gasteiger partial charge in [-0.2, -0.15) is 0 Å². The molecule has 0 unspecified atom stereocenters. The Hall–Kier alpha value is -0.330. The Labute approximate surface area is 83.6 Å². The third-order valence-corrected chi connectivity index (χ3v) is 2.97. The first kappa shape index (κ1) is 12.7. The summed E-state index contributed by atoms with van der Waals surface area (Å²) in [4.78, 5) is 4.40.